The number of halogens is 1. The Morgan fingerprint density at radius 3 is 2.57 bits per heavy atom. The second-order valence-corrected chi connectivity index (χ2v) is 6.97. The molecule has 23 heavy (non-hydrogen) atoms. The minimum Gasteiger partial charge on any atom is -0.383 e. The summed E-state index contributed by atoms with van der Waals surface area (Å²) in [4.78, 5) is 14.7. The van der Waals surface area contributed by atoms with Crippen molar-refractivity contribution in [3.63, 3.8) is 0 Å². The summed E-state index contributed by atoms with van der Waals surface area (Å²) in [5.41, 5.74) is 1.11. The van der Waals surface area contributed by atoms with Crippen LogP contribution < -0.4 is 0 Å². The van der Waals surface area contributed by atoms with Gasteiger partial charge in [-0.3, -0.25) is 4.79 Å². The van der Waals surface area contributed by atoms with Gasteiger partial charge in [-0.1, -0.05) is 30.7 Å². The van der Waals surface area contributed by atoms with E-state index in [2.05, 4.69) is 6.92 Å². The smallest absolute Gasteiger partial charge is 0.227 e. The lowest BCUT2D eigenvalue weighted by atomic mass is 9.82. The van der Waals surface area contributed by atoms with Gasteiger partial charge in [0.15, 0.2) is 0 Å². The molecule has 2 rings (SSSR count). The van der Waals surface area contributed by atoms with Gasteiger partial charge in [0.25, 0.3) is 0 Å². The maximum atomic E-state index is 12.7. The fourth-order valence-electron chi connectivity index (χ4n) is 2.87. The molecule has 1 aliphatic rings. The number of amides is 1. The summed E-state index contributed by atoms with van der Waals surface area (Å²) in [7, 11) is 1.66. The largest absolute Gasteiger partial charge is 0.383 e. The first-order chi connectivity index (χ1) is 11.0. The Labute approximate surface area is 143 Å². The molecule has 0 atom stereocenters. The van der Waals surface area contributed by atoms with Gasteiger partial charge in [-0.15, -0.1) is 0 Å². The topological polar surface area (TPSA) is 38.8 Å². The van der Waals surface area contributed by atoms with Crippen LogP contribution >= 0.6 is 11.6 Å². The van der Waals surface area contributed by atoms with Crippen molar-refractivity contribution in [3.8, 4) is 0 Å². The third-order valence-electron chi connectivity index (χ3n) is 4.46. The van der Waals surface area contributed by atoms with Gasteiger partial charge >= 0.3 is 0 Å². The molecule has 1 amide bonds. The van der Waals surface area contributed by atoms with Crippen LogP contribution in [0.3, 0.4) is 0 Å². The van der Waals surface area contributed by atoms with Crippen molar-refractivity contribution < 1.29 is 14.3 Å². The Balaban J connectivity index is 2.00. The number of carbonyl (C=O) groups excluding carboxylic acids is 1. The number of methoxy groups -OCH3 is 1. The molecular weight excluding hydrogens is 314 g/mol. The number of benzene rings is 1. The van der Waals surface area contributed by atoms with Crippen LogP contribution in [0, 0.1) is 5.41 Å². The minimum absolute atomic E-state index is 0.127. The van der Waals surface area contributed by atoms with E-state index in [0.717, 1.165) is 38.2 Å². The molecule has 0 saturated carbocycles. The van der Waals surface area contributed by atoms with Crippen molar-refractivity contribution >= 4 is 17.5 Å². The normalized spacial score (nSPS) is 17.0. The number of hydrogen-bond acceptors (Lipinski definition) is 3. The summed E-state index contributed by atoms with van der Waals surface area (Å²) in [6, 6.07) is 7.46. The summed E-state index contributed by atoms with van der Waals surface area (Å²) in [6.45, 7) is 5.73. The molecule has 0 spiro atoms. The van der Waals surface area contributed by atoms with Crippen LogP contribution in [0.2, 0.25) is 5.02 Å². The molecule has 128 valence electrons. The van der Waals surface area contributed by atoms with E-state index in [1.54, 1.807) is 7.11 Å². The van der Waals surface area contributed by atoms with Crippen molar-refractivity contribution in [1.29, 1.82) is 0 Å². The molecule has 0 radical (unpaired) electrons. The van der Waals surface area contributed by atoms with E-state index in [4.69, 9.17) is 21.1 Å². The molecule has 0 bridgehead atoms. The number of nitrogens with zero attached hydrogens (tertiary/aromatic N) is 1. The third kappa shape index (κ3) is 5.79. The summed E-state index contributed by atoms with van der Waals surface area (Å²) < 4.78 is 10.6. The monoisotopic (exact) mass is 339 g/mol. The van der Waals surface area contributed by atoms with Crippen LogP contribution in [0.15, 0.2) is 24.3 Å². The van der Waals surface area contributed by atoms with Crippen molar-refractivity contribution in [2.24, 2.45) is 5.41 Å². The van der Waals surface area contributed by atoms with Crippen LogP contribution in [-0.4, -0.2) is 50.8 Å². The molecule has 1 heterocycles. The number of hydrogen-bond donors (Lipinski definition) is 0. The fraction of sp³-hybridized carbons (Fsp3) is 0.611. The summed E-state index contributed by atoms with van der Waals surface area (Å²) in [6.07, 6.45) is 2.38. The zero-order chi connectivity index (χ0) is 16.7. The highest BCUT2D eigenvalue weighted by Gasteiger charge is 2.31. The second-order valence-electron chi connectivity index (χ2n) is 6.53. The molecule has 1 aromatic carbocycles. The third-order valence-corrected chi connectivity index (χ3v) is 4.71. The van der Waals surface area contributed by atoms with Gasteiger partial charge in [0.05, 0.1) is 13.0 Å². The molecule has 1 aromatic rings. The first-order valence-electron chi connectivity index (χ1n) is 8.11. The van der Waals surface area contributed by atoms with Crippen molar-refractivity contribution in [3.05, 3.63) is 34.9 Å². The van der Waals surface area contributed by atoms with Gasteiger partial charge in [0.1, 0.15) is 0 Å². The number of ether oxygens (including phenoxy) is 2. The second kappa shape index (κ2) is 8.67. The maximum absolute atomic E-state index is 12.7. The van der Waals surface area contributed by atoms with Crippen LogP contribution in [0.5, 0.6) is 0 Å². The van der Waals surface area contributed by atoms with Gasteiger partial charge in [0.2, 0.25) is 5.91 Å². The Bertz CT molecular complexity index is 497. The Morgan fingerprint density at radius 2 is 1.96 bits per heavy atom. The number of carbonyl (C=O) groups is 1. The molecule has 0 aromatic heterocycles. The highest BCUT2D eigenvalue weighted by atomic mass is 35.5. The quantitative estimate of drug-likeness (QED) is 0.766. The zero-order valence-corrected chi connectivity index (χ0v) is 14.8. The predicted octanol–water partition coefficient (Wildman–Crippen LogP) is 3.17. The van der Waals surface area contributed by atoms with Crippen molar-refractivity contribution in [2.75, 3.05) is 40.0 Å². The van der Waals surface area contributed by atoms with E-state index < -0.39 is 0 Å². The van der Waals surface area contributed by atoms with Gasteiger partial charge in [-0.2, -0.15) is 0 Å². The first-order valence-corrected chi connectivity index (χ1v) is 8.49. The SMILES string of the molecule is COCCN(CC1(C)CCOCC1)C(=O)Cc1ccc(Cl)cc1. The Morgan fingerprint density at radius 1 is 1.30 bits per heavy atom. The Kier molecular flexibility index (Phi) is 6.88. The standard InChI is InChI=1S/C18H26ClNO3/c1-18(7-10-23-11-8-18)14-20(9-12-22-2)17(21)13-15-3-5-16(19)6-4-15/h3-6H,7-14H2,1-2H3. The average Bonchev–Trinajstić information content (AvgIpc) is 2.54. The maximum Gasteiger partial charge on any atom is 0.227 e. The van der Waals surface area contributed by atoms with E-state index in [1.165, 1.54) is 0 Å². The van der Waals surface area contributed by atoms with Crippen LogP contribution in [0.1, 0.15) is 25.3 Å². The zero-order valence-electron chi connectivity index (χ0n) is 14.0. The molecule has 1 fully saturated rings. The van der Waals surface area contributed by atoms with Crippen LogP contribution in [-0.2, 0) is 20.7 Å². The van der Waals surface area contributed by atoms with Crippen molar-refractivity contribution in [2.45, 2.75) is 26.2 Å². The highest BCUT2D eigenvalue weighted by molar-refractivity contribution is 6.30. The van der Waals surface area contributed by atoms with Gasteiger partial charge in [-0.05, 0) is 36.0 Å². The molecule has 1 aliphatic heterocycles. The molecule has 0 aliphatic carbocycles. The molecular formula is C18H26ClNO3. The van der Waals surface area contributed by atoms with Gasteiger partial charge in [-0.25, -0.2) is 0 Å². The summed E-state index contributed by atoms with van der Waals surface area (Å²) >= 11 is 5.90. The van der Waals surface area contributed by atoms with Crippen LogP contribution in [0.4, 0.5) is 0 Å². The van der Waals surface area contributed by atoms with E-state index >= 15 is 0 Å². The average molecular weight is 340 g/mol. The van der Waals surface area contributed by atoms with E-state index in [1.807, 2.05) is 29.2 Å². The van der Waals surface area contributed by atoms with E-state index in [-0.39, 0.29) is 11.3 Å². The highest BCUT2D eigenvalue weighted by Crippen LogP contribution is 2.30. The lowest BCUT2D eigenvalue weighted by Gasteiger charge is -2.38. The molecule has 4 nitrogen and oxygen atoms in total. The van der Waals surface area contributed by atoms with E-state index in [0.29, 0.717) is 24.6 Å². The predicted molar refractivity (Wildman–Crippen MR) is 91.8 cm³/mol. The lowest BCUT2D eigenvalue weighted by molar-refractivity contribution is -0.133. The minimum atomic E-state index is 0.127. The molecule has 1 saturated heterocycles. The van der Waals surface area contributed by atoms with Gasteiger partial charge < -0.3 is 14.4 Å². The number of rotatable bonds is 7. The summed E-state index contributed by atoms with van der Waals surface area (Å²) in [5.74, 6) is 0.136. The fourth-order valence-corrected chi connectivity index (χ4v) is 2.99. The lowest BCUT2D eigenvalue weighted by Crippen LogP contribution is -2.44. The van der Waals surface area contributed by atoms with Crippen LogP contribution in [0.25, 0.3) is 0 Å². The van der Waals surface area contributed by atoms with E-state index in [9.17, 15) is 4.79 Å². The first kappa shape index (κ1) is 18.2. The van der Waals surface area contributed by atoms with Gasteiger partial charge in [0, 0.05) is 38.4 Å². The van der Waals surface area contributed by atoms with Crippen molar-refractivity contribution in [1.82, 2.24) is 4.90 Å². The molecule has 5 heteroatoms. The Hall–Kier alpha value is -1.10. The molecule has 0 unspecified atom stereocenters. The molecule has 0 N–H and O–H groups in total. The summed E-state index contributed by atoms with van der Waals surface area (Å²) in [5, 5.41) is 0.687.